The molecular formula is C10H12N4O2. The molecule has 0 aliphatic heterocycles. The van der Waals surface area contributed by atoms with Crippen molar-refractivity contribution in [2.24, 2.45) is 0 Å². The minimum Gasteiger partial charge on any atom is -0.476 e. The van der Waals surface area contributed by atoms with Crippen LogP contribution in [-0.2, 0) is 0 Å². The molecule has 0 saturated heterocycles. The maximum atomic E-state index is 11.0. The Morgan fingerprint density at radius 3 is 2.75 bits per heavy atom. The lowest BCUT2D eigenvalue weighted by atomic mass is 10.2. The van der Waals surface area contributed by atoms with E-state index in [1.807, 2.05) is 13.8 Å². The van der Waals surface area contributed by atoms with E-state index >= 15 is 0 Å². The average molecular weight is 220 g/mol. The lowest BCUT2D eigenvalue weighted by Gasteiger charge is -2.00. The van der Waals surface area contributed by atoms with Crippen LogP contribution in [0.25, 0.3) is 11.3 Å². The Morgan fingerprint density at radius 2 is 2.25 bits per heavy atom. The summed E-state index contributed by atoms with van der Waals surface area (Å²) in [5.41, 5.74) is 1.10. The minimum absolute atomic E-state index is 0.0201. The molecule has 0 saturated carbocycles. The number of H-pyrrole nitrogens is 1. The fourth-order valence-corrected chi connectivity index (χ4v) is 1.36. The summed E-state index contributed by atoms with van der Waals surface area (Å²) in [5.74, 6) is -1.07. The van der Waals surface area contributed by atoms with Crippen LogP contribution in [0.15, 0.2) is 18.5 Å². The maximum absolute atomic E-state index is 11.0. The summed E-state index contributed by atoms with van der Waals surface area (Å²) in [7, 11) is 0. The number of aromatic nitrogens is 4. The van der Waals surface area contributed by atoms with E-state index < -0.39 is 5.97 Å². The second-order valence-electron chi connectivity index (χ2n) is 3.72. The number of nitrogens with zero attached hydrogens (tertiary/aromatic N) is 3. The maximum Gasteiger partial charge on any atom is 0.358 e. The van der Waals surface area contributed by atoms with E-state index in [-0.39, 0.29) is 11.7 Å². The van der Waals surface area contributed by atoms with E-state index in [4.69, 9.17) is 5.11 Å². The van der Waals surface area contributed by atoms with Crippen molar-refractivity contribution < 1.29 is 9.90 Å². The van der Waals surface area contributed by atoms with Crippen LogP contribution in [0.4, 0.5) is 0 Å². The second kappa shape index (κ2) is 3.80. The van der Waals surface area contributed by atoms with Crippen molar-refractivity contribution in [1.29, 1.82) is 0 Å². The fraction of sp³-hybridized carbons (Fsp3) is 0.300. The number of rotatable bonds is 3. The van der Waals surface area contributed by atoms with Gasteiger partial charge < -0.3 is 10.1 Å². The van der Waals surface area contributed by atoms with E-state index in [0.717, 1.165) is 5.56 Å². The molecule has 0 spiro atoms. The van der Waals surface area contributed by atoms with Crippen molar-refractivity contribution in [2.75, 3.05) is 0 Å². The number of carboxylic acids is 1. The van der Waals surface area contributed by atoms with Crippen LogP contribution in [0.1, 0.15) is 30.4 Å². The molecule has 2 rings (SSSR count). The molecule has 0 aromatic carbocycles. The molecule has 2 aromatic rings. The molecule has 2 heterocycles. The SMILES string of the molecule is CC(C)n1nc(C(=O)O)c(-c2cc[nH]c2)n1. The van der Waals surface area contributed by atoms with E-state index in [0.29, 0.717) is 5.69 Å². The highest BCUT2D eigenvalue weighted by Crippen LogP contribution is 2.20. The van der Waals surface area contributed by atoms with Crippen LogP contribution in [0.5, 0.6) is 0 Å². The normalized spacial score (nSPS) is 10.9. The minimum atomic E-state index is -1.07. The van der Waals surface area contributed by atoms with Crippen LogP contribution in [0.2, 0.25) is 0 Å². The molecule has 0 radical (unpaired) electrons. The van der Waals surface area contributed by atoms with E-state index in [1.54, 1.807) is 18.5 Å². The van der Waals surface area contributed by atoms with Gasteiger partial charge in [0, 0.05) is 18.0 Å². The lowest BCUT2D eigenvalue weighted by molar-refractivity contribution is 0.0690. The standard InChI is InChI=1S/C10H12N4O2/c1-6(2)14-12-8(7-3-4-11-5-7)9(13-14)10(15)16/h3-6,11H,1-2H3,(H,15,16). The second-order valence-corrected chi connectivity index (χ2v) is 3.72. The van der Waals surface area contributed by atoms with Crippen molar-refractivity contribution >= 4 is 5.97 Å². The van der Waals surface area contributed by atoms with Gasteiger partial charge in [0.05, 0.1) is 6.04 Å². The highest BCUT2D eigenvalue weighted by molar-refractivity contribution is 5.92. The summed E-state index contributed by atoms with van der Waals surface area (Å²) in [6.07, 6.45) is 3.41. The third-order valence-electron chi connectivity index (χ3n) is 2.17. The first kappa shape index (κ1) is 10.4. The topological polar surface area (TPSA) is 83.8 Å². The molecule has 0 atom stereocenters. The highest BCUT2D eigenvalue weighted by Gasteiger charge is 2.20. The smallest absolute Gasteiger partial charge is 0.358 e. The molecule has 2 aromatic heterocycles. The third-order valence-corrected chi connectivity index (χ3v) is 2.17. The largest absolute Gasteiger partial charge is 0.476 e. The number of aromatic carboxylic acids is 1. The Bertz CT molecular complexity index is 499. The van der Waals surface area contributed by atoms with Gasteiger partial charge in [0.1, 0.15) is 5.69 Å². The molecule has 16 heavy (non-hydrogen) atoms. The van der Waals surface area contributed by atoms with Crippen molar-refractivity contribution in [3.63, 3.8) is 0 Å². The third kappa shape index (κ3) is 1.69. The monoisotopic (exact) mass is 220 g/mol. The summed E-state index contributed by atoms with van der Waals surface area (Å²) >= 11 is 0. The zero-order valence-electron chi connectivity index (χ0n) is 9.01. The van der Waals surface area contributed by atoms with Crippen LogP contribution in [0.3, 0.4) is 0 Å². The first-order valence-corrected chi connectivity index (χ1v) is 4.93. The van der Waals surface area contributed by atoms with Gasteiger partial charge in [0.2, 0.25) is 0 Å². The molecule has 84 valence electrons. The number of aromatic amines is 1. The Balaban J connectivity index is 2.55. The van der Waals surface area contributed by atoms with Crippen molar-refractivity contribution in [3.05, 3.63) is 24.2 Å². The van der Waals surface area contributed by atoms with Crippen molar-refractivity contribution in [2.45, 2.75) is 19.9 Å². The van der Waals surface area contributed by atoms with Crippen LogP contribution < -0.4 is 0 Å². The van der Waals surface area contributed by atoms with E-state index in [2.05, 4.69) is 15.2 Å². The quantitative estimate of drug-likeness (QED) is 0.822. The fourth-order valence-electron chi connectivity index (χ4n) is 1.36. The molecule has 0 aliphatic carbocycles. The average Bonchev–Trinajstić information content (AvgIpc) is 2.86. The highest BCUT2D eigenvalue weighted by atomic mass is 16.4. The molecule has 6 nitrogen and oxygen atoms in total. The molecule has 0 fully saturated rings. The Kier molecular flexibility index (Phi) is 2.47. The Labute approximate surface area is 91.9 Å². The lowest BCUT2D eigenvalue weighted by Crippen LogP contribution is -2.06. The zero-order valence-corrected chi connectivity index (χ0v) is 9.01. The summed E-state index contributed by atoms with van der Waals surface area (Å²) in [4.78, 5) is 15.3. The first-order valence-electron chi connectivity index (χ1n) is 4.93. The Morgan fingerprint density at radius 1 is 1.50 bits per heavy atom. The van der Waals surface area contributed by atoms with Gasteiger partial charge in [-0.2, -0.15) is 9.90 Å². The zero-order chi connectivity index (χ0) is 11.7. The van der Waals surface area contributed by atoms with Gasteiger partial charge in [-0.25, -0.2) is 4.79 Å². The molecule has 0 unspecified atom stereocenters. The molecular weight excluding hydrogens is 208 g/mol. The van der Waals surface area contributed by atoms with Crippen LogP contribution in [0, 0.1) is 0 Å². The predicted molar refractivity (Wildman–Crippen MR) is 57.2 cm³/mol. The van der Waals surface area contributed by atoms with Gasteiger partial charge in [0.15, 0.2) is 5.69 Å². The number of carbonyl (C=O) groups is 1. The summed E-state index contributed by atoms with van der Waals surface area (Å²) in [5, 5.41) is 17.2. The molecule has 0 amide bonds. The van der Waals surface area contributed by atoms with Gasteiger partial charge in [0.25, 0.3) is 0 Å². The van der Waals surface area contributed by atoms with Gasteiger partial charge in [-0.15, -0.1) is 5.10 Å². The van der Waals surface area contributed by atoms with Crippen molar-refractivity contribution in [1.82, 2.24) is 20.0 Å². The van der Waals surface area contributed by atoms with Gasteiger partial charge in [-0.05, 0) is 19.9 Å². The van der Waals surface area contributed by atoms with Crippen LogP contribution >= 0.6 is 0 Å². The first-order chi connectivity index (χ1) is 7.59. The van der Waals surface area contributed by atoms with Crippen LogP contribution in [-0.4, -0.2) is 31.1 Å². The predicted octanol–water partition coefficient (Wildman–Crippen LogP) is 1.55. The molecule has 2 N–H and O–H groups in total. The van der Waals surface area contributed by atoms with E-state index in [1.165, 1.54) is 4.80 Å². The number of hydrogen-bond donors (Lipinski definition) is 2. The van der Waals surface area contributed by atoms with Gasteiger partial charge in [-0.3, -0.25) is 0 Å². The number of hydrogen-bond acceptors (Lipinski definition) is 3. The summed E-state index contributed by atoms with van der Waals surface area (Å²) < 4.78 is 0. The summed E-state index contributed by atoms with van der Waals surface area (Å²) in [6.45, 7) is 3.79. The van der Waals surface area contributed by atoms with Gasteiger partial charge in [-0.1, -0.05) is 0 Å². The molecule has 0 bridgehead atoms. The molecule has 6 heteroatoms. The number of nitrogens with one attached hydrogen (secondary N) is 1. The number of carboxylic acid groups (broad SMARTS) is 1. The Hall–Kier alpha value is -2.11. The summed E-state index contributed by atoms with van der Waals surface area (Å²) in [6, 6.07) is 1.80. The van der Waals surface area contributed by atoms with Crippen molar-refractivity contribution in [3.8, 4) is 11.3 Å². The van der Waals surface area contributed by atoms with Gasteiger partial charge >= 0.3 is 5.97 Å². The molecule has 0 aliphatic rings. The van der Waals surface area contributed by atoms with E-state index in [9.17, 15) is 4.79 Å².